The molecule has 0 aromatic heterocycles. The van der Waals surface area contributed by atoms with Crippen LogP contribution in [0.25, 0.3) is 0 Å². The highest BCUT2D eigenvalue weighted by atomic mass is 19.1. The minimum absolute atomic E-state index is 0.458. The zero-order chi connectivity index (χ0) is 8.10. The molecule has 0 spiro atoms. The van der Waals surface area contributed by atoms with Gasteiger partial charge in [-0.05, 0) is 6.07 Å². The summed E-state index contributed by atoms with van der Waals surface area (Å²) in [5, 5.41) is 0. The molecule has 1 radical (unpaired) electrons. The van der Waals surface area contributed by atoms with E-state index in [2.05, 4.69) is 0 Å². The smallest absolute Gasteiger partial charge is 0.122 e. The highest BCUT2D eigenvalue weighted by Gasteiger charge is 1.99. The van der Waals surface area contributed by atoms with Crippen LogP contribution in [0.1, 0.15) is 5.56 Å². The Bertz CT molecular complexity index is 223. The lowest BCUT2D eigenvalue weighted by molar-refractivity contribution is 0.410. The maximum Gasteiger partial charge on any atom is 0.122 e. The van der Waals surface area contributed by atoms with Crippen molar-refractivity contribution >= 4 is 0 Å². The first-order chi connectivity index (χ1) is 5.38. The Kier molecular flexibility index (Phi) is 2.90. The van der Waals surface area contributed by atoms with Gasteiger partial charge in [-0.3, -0.25) is 4.39 Å². The largest absolute Gasteiger partial charge is 0.496 e. The molecule has 0 N–H and O–H groups in total. The highest BCUT2D eigenvalue weighted by Crippen LogP contribution is 2.18. The van der Waals surface area contributed by atoms with Crippen molar-refractivity contribution in [3.05, 3.63) is 36.2 Å². The minimum Gasteiger partial charge on any atom is -0.496 e. The zero-order valence-electron chi connectivity index (χ0n) is 6.38. The number of rotatable bonds is 3. The Labute approximate surface area is 65.8 Å². The molecule has 59 valence electrons. The molecule has 0 aliphatic heterocycles. The van der Waals surface area contributed by atoms with Crippen LogP contribution in [0.5, 0.6) is 5.75 Å². The third kappa shape index (κ3) is 1.93. The molecule has 1 aromatic carbocycles. The standard InChI is InChI=1S/C9H10FO/c1-11-9-5-3-2-4-8(9)6-7-10/h2-6H,7H2,1H3. The highest BCUT2D eigenvalue weighted by molar-refractivity contribution is 5.38. The van der Waals surface area contributed by atoms with Crippen molar-refractivity contribution in [2.45, 2.75) is 0 Å². The van der Waals surface area contributed by atoms with E-state index in [1.165, 1.54) is 6.42 Å². The number of methoxy groups -OCH3 is 1. The van der Waals surface area contributed by atoms with Gasteiger partial charge in [-0.2, -0.15) is 0 Å². The van der Waals surface area contributed by atoms with E-state index in [1.54, 1.807) is 7.11 Å². The molecular formula is C9H10FO. The van der Waals surface area contributed by atoms with Crippen molar-refractivity contribution in [2.75, 3.05) is 13.8 Å². The summed E-state index contributed by atoms with van der Waals surface area (Å²) in [5.74, 6) is 0.713. The molecule has 0 unspecified atom stereocenters. The Hall–Kier alpha value is -1.05. The maximum atomic E-state index is 11.9. The number of hydrogen-bond acceptors (Lipinski definition) is 1. The normalized spacial score (nSPS) is 9.64. The average Bonchev–Trinajstić information content (AvgIpc) is 2.06. The van der Waals surface area contributed by atoms with Crippen molar-refractivity contribution in [2.24, 2.45) is 0 Å². The van der Waals surface area contributed by atoms with E-state index in [9.17, 15) is 4.39 Å². The summed E-state index contributed by atoms with van der Waals surface area (Å²) >= 11 is 0. The van der Waals surface area contributed by atoms with Crippen molar-refractivity contribution in [1.29, 1.82) is 0 Å². The molecule has 0 bridgehead atoms. The summed E-state index contributed by atoms with van der Waals surface area (Å²) in [5.41, 5.74) is 0.803. The van der Waals surface area contributed by atoms with Crippen molar-refractivity contribution in [1.82, 2.24) is 0 Å². The lowest BCUT2D eigenvalue weighted by Gasteiger charge is -2.04. The molecule has 1 rings (SSSR count). The third-order valence-corrected chi connectivity index (χ3v) is 1.44. The van der Waals surface area contributed by atoms with Crippen LogP contribution in [0.3, 0.4) is 0 Å². The summed E-state index contributed by atoms with van der Waals surface area (Å²) in [6.45, 7) is -0.458. The van der Waals surface area contributed by atoms with E-state index < -0.39 is 6.67 Å². The van der Waals surface area contributed by atoms with E-state index >= 15 is 0 Å². The van der Waals surface area contributed by atoms with Gasteiger partial charge in [0.05, 0.1) is 13.8 Å². The molecule has 1 aromatic rings. The molecule has 11 heavy (non-hydrogen) atoms. The SMILES string of the molecule is COc1ccccc1[CH]CF. The minimum atomic E-state index is -0.458. The van der Waals surface area contributed by atoms with Crippen LogP contribution < -0.4 is 4.74 Å². The molecular weight excluding hydrogens is 143 g/mol. The van der Waals surface area contributed by atoms with Gasteiger partial charge in [0.1, 0.15) is 5.75 Å². The van der Waals surface area contributed by atoms with Crippen LogP contribution in [0.15, 0.2) is 24.3 Å². The van der Waals surface area contributed by atoms with Crippen LogP contribution in [0.4, 0.5) is 4.39 Å². The number of hydrogen-bond donors (Lipinski definition) is 0. The van der Waals surface area contributed by atoms with Crippen LogP contribution in [0.2, 0.25) is 0 Å². The van der Waals surface area contributed by atoms with Crippen molar-refractivity contribution < 1.29 is 9.13 Å². The predicted octanol–water partition coefficient (Wildman–Crippen LogP) is 2.22. The van der Waals surface area contributed by atoms with Gasteiger partial charge in [0, 0.05) is 12.0 Å². The fourth-order valence-corrected chi connectivity index (χ4v) is 0.918. The average molecular weight is 153 g/mol. The fourth-order valence-electron chi connectivity index (χ4n) is 0.918. The van der Waals surface area contributed by atoms with Crippen LogP contribution in [0, 0.1) is 6.42 Å². The van der Waals surface area contributed by atoms with Crippen LogP contribution in [-0.2, 0) is 0 Å². The number of para-hydroxylation sites is 1. The predicted molar refractivity (Wildman–Crippen MR) is 42.4 cm³/mol. The maximum absolute atomic E-state index is 11.9. The molecule has 1 nitrogen and oxygen atoms in total. The van der Waals surface area contributed by atoms with Gasteiger partial charge >= 0.3 is 0 Å². The number of ether oxygens (including phenoxy) is 1. The Morgan fingerprint density at radius 3 is 2.82 bits per heavy atom. The monoisotopic (exact) mass is 153 g/mol. The topological polar surface area (TPSA) is 9.23 Å². The summed E-state index contributed by atoms with van der Waals surface area (Å²) in [4.78, 5) is 0. The van der Waals surface area contributed by atoms with Gasteiger partial charge in [-0.15, -0.1) is 0 Å². The van der Waals surface area contributed by atoms with E-state index in [4.69, 9.17) is 4.74 Å². The Balaban J connectivity index is 2.83. The van der Waals surface area contributed by atoms with Crippen molar-refractivity contribution in [3.8, 4) is 5.75 Å². The molecule has 0 fully saturated rings. The molecule has 2 heteroatoms. The van der Waals surface area contributed by atoms with Gasteiger partial charge < -0.3 is 4.74 Å². The lowest BCUT2D eigenvalue weighted by Crippen LogP contribution is -1.90. The first-order valence-corrected chi connectivity index (χ1v) is 3.40. The van der Waals surface area contributed by atoms with E-state index in [-0.39, 0.29) is 0 Å². The Morgan fingerprint density at radius 1 is 1.45 bits per heavy atom. The van der Waals surface area contributed by atoms with E-state index in [0.717, 1.165) is 5.56 Å². The summed E-state index contributed by atoms with van der Waals surface area (Å²) < 4.78 is 16.9. The summed E-state index contributed by atoms with van der Waals surface area (Å²) in [6.07, 6.45) is 1.48. The quantitative estimate of drug-likeness (QED) is 0.647. The first-order valence-electron chi connectivity index (χ1n) is 3.40. The van der Waals surface area contributed by atoms with E-state index in [0.29, 0.717) is 5.75 Å². The van der Waals surface area contributed by atoms with Crippen LogP contribution >= 0.6 is 0 Å². The third-order valence-electron chi connectivity index (χ3n) is 1.44. The van der Waals surface area contributed by atoms with Gasteiger partial charge in [0.2, 0.25) is 0 Å². The van der Waals surface area contributed by atoms with E-state index in [1.807, 2.05) is 24.3 Å². The zero-order valence-corrected chi connectivity index (χ0v) is 6.38. The van der Waals surface area contributed by atoms with Gasteiger partial charge in [-0.1, -0.05) is 18.2 Å². The number of benzene rings is 1. The number of halogens is 1. The molecule has 0 amide bonds. The summed E-state index contributed by atoms with van der Waals surface area (Å²) in [7, 11) is 1.57. The van der Waals surface area contributed by atoms with Gasteiger partial charge in [0.25, 0.3) is 0 Å². The first kappa shape index (κ1) is 8.05. The van der Waals surface area contributed by atoms with Crippen LogP contribution in [-0.4, -0.2) is 13.8 Å². The molecule has 0 atom stereocenters. The fraction of sp³-hybridized carbons (Fsp3) is 0.222. The van der Waals surface area contributed by atoms with Gasteiger partial charge in [0.15, 0.2) is 0 Å². The molecule has 0 heterocycles. The molecule has 0 saturated carbocycles. The molecule has 0 aliphatic rings. The summed E-state index contributed by atoms with van der Waals surface area (Å²) in [6, 6.07) is 7.33. The van der Waals surface area contributed by atoms with Gasteiger partial charge in [-0.25, -0.2) is 0 Å². The number of alkyl halides is 1. The second-order valence-electron chi connectivity index (χ2n) is 2.10. The molecule has 0 aliphatic carbocycles. The van der Waals surface area contributed by atoms with Crippen molar-refractivity contribution in [3.63, 3.8) is 0 Å². The Morgan fingerprint density at radius 2 is 2.18 bits per heavy atom. The second kappa shape index (κ2) is 3.96. The second-order valence-corrected chi connectivity index (χ2v) is 2.10. The lowest BCUT2D eigenvalue weighted by atomic mass is 10.1. The molecule has 0 saturated heterocycles.